The number of methoxy groups -OCH3 is 1. The van der Waals surface area contributed by atoms with Crippen LogP contribution in [-0.2, 0) is 0 Å². The number of rotatable bonds is 4. The van der Waals surface area contributed by atoms with Crippen molar-refractivity contribution >= 4 is 38.5 Å². The van der Waals surface area contributed by atoms with Gasteiger partial charge in [0.05, 0.1) is 33.8 Å². The molecule has 0 saturated heterocycles. The first-order chi connectivity index (χ1) is 15.5. The van der Waals surface area contributed by atoms with Gasteiger partial charge in [0.15, 0.2) is 0 Å². The number of carbonyl (C=O) groups is 1. The topological polar surface area (TPSA) is 78.6 Å². The van der Waals surface area contributed by atoms with E-state index in [9.17, 15) is 9.59 Å². The third kappa shape index (κ3) is 3.42. The number of benzene rings is 3. The molecule has 0 atom stereocenters. The molecule has 3 aromatic carbocycles. The number of ether oxygens (including phenoxy) is 2. The third-order valence-electron chi connectivity index (χ3n) is 5.17. The first kappa shape index (κ1) is 20.0. The van der Waals surface area contributed by atoms with Crippen molar-refractivity contribution in [1.29, 1.82) is 0 Å². The van der Waals surface area contributed by atoms with E-state index in [0.717, 1.165) is 10.2 Å². The Hall–Kier alpha value is -3.97. The molecule has 0 N–H and O–H groups in total. The van der Waals surface area contributed by atoms with Gasteiger partial charge in [-0.1, -0.05) is 18.2 Å². The molecule has 32 heavy (non-hydrogen) atoms. The first-order valence-electron chi connectivity index (χ1n) is 9.82. The van der Waals surface area contributed by atoms with Crippen LogP contribution in [0.15, 0.2) is 76.1 Å². The van der Waals surface area contributed by atoms with Gasteiger partial charge < -0.3 is 13.9 Å². The molecule has 158 valence electrons. The summed E-state index contributed by atoms with van der Waals surface area (Å²) in [7, 11) is 1.53. The zero-order valence-corrected chi connectivity index (χ0v) is 18.1. The zero-order valence-electron chi connectivity index (χ0n) is 17.2. The lowest BCUT2D eigenvalue weighted by atomic mass is 10.1. The van der Waals surface area contributed by atoms with Crippen molar-refractivity contribution in [2.24, 2.45) is 0 Å². The van der Waals surface area contributed by atoms with Gasteiger partial charge >= 0.3 is 5.97 Å². The number of carbonyl (C=O) groups excluding carboxylic acids is 1. The molecule has 0 aliphatic carbocycles. The summed E-state index contributed by atoms with van der Waals surface area (Å²) in [5, 5.41) is 1.01. The van der Waals surface area contributed by atoms with Gasteiger partial charge in [-0.3, -0.25) is 4.79 Å². The standard InChI is InChI=1S/C25H17NO5S/c1-14-20(31-25(28)15-6-5-7-16(12-15)29-2)11-10-17-22(27)18(13-30-23(14)17)24-26-19-8-3-4-9-21(19)32-24/h3-13H,1-2H3. The van der Waals surface area contributed by atoms with Gasteiger partial charge in [0, 0.05) is 5.56 Å². The van der Waals surface area contributed by atoms with Crippen molar-refractivity contribution in [3.63, 3.8) is 0 Å². The number of esters is 1. The summed E-state index contributed by atoms with van der Waals surface area (Å²) in [6, 6.07) is 17.6. The Morgan fingerprint density at radius 3 is 2.72 bits per heavy atom. The van der Waals surface area contributed by atoms with Gasteiger partial charge in [-0.25, -0.2) is 9.78 Å². The molecule has 0 fully saturated rings. The van der Waals surface area contributed by atoms with Crippen LogP contribution in [0.1, 0.15) is 15.9 Å². The van der Waals surface area contributed by atoms with Crippen LogP contribution in [0, 0.1) is 6.92 Å². The van der Waals surface area contributed by atoms with Crippen molar-refractivity contribution in [2.75, 3.05) is 7.11 Å². The molecule has 0 aliphatic rings. The van der Waals surface area contributed by atoms with Gasteiger partial charge in [0.2, 0.25) is 5.43 Å². The number of aromatic nitrogens is 1. The summed E-state index contributed by atoms with van der Waals surface area (Å²) < 4.78 is 17.5. The predicted octanol–water partition coefficient (Wildman–Crippen LogP) is 5.61. The predicted molar refractivity (Wildman–Crippen MR) is 124 cm³/mol. The minimum atomic E-state index is -0.528. The highest BCUT2D eigenvalue weighted by Crippen LogP contribution is 2.32. The highest BCUT2D eigenvalue weighted by molar-refractivity contribution is 7.21. The number of hydrogen-bond donors (Lipinski definition) is 0. The quantitative estimate of drug-likeness (QED) is 0.266. The Morgan fingerprint density at radius 1 is 1.06 bits per heavy atom. The van der Waals surface area contributed by atoms with Crippen LogP contribution in [0.5, 0.6) is 11.5 Å². The van der Waals surface area contributed by atoms with Crippen LogP contribution in [0.3, 0.4) is 0 Å². The van der Waals surface area contributed by atoms with Crippen LogP contribution >= 0.6 is 11.3 Å². The molecular weight excluding hydrogens is 426 g/mol. The Morgan fingerprint density at radius 2 is 1.91 bits per heavy atom. The Bertz CT molecular complexity index is 1520. The van der Waals surface area contributed by atoms with E-state index >= 15 is 0 Å². The summed E-state index contributed by atoms with van der Waals surface area (Å²) >= 11 is 1.44. The monoisotopic (exact) mass is 443 g/mol. The van der Waals surface area contributed by atoms with E-state index in [1.807, 2.05) is 24.3 Å². The Balaban J connectivity index is 1.52. The second-order valence-corrected chi connectivity index (χ2v) is 8.18. The van der Waals surface area contributed by atoms with Gasteiger partial charge in [-0.2, -0.15) is 0 Å². The summed E-state index contributed by atoms with van der Waals surface area (Å²) in [5.74, 6) is 0.351. The Labute approximate surface area is 186 Å². The summed E-state index contributed by atoms with van der Waals surface area (Å²) in [6.45, 7) is 1.75. The van der Waals surface area contributed by atoms with Crippen LogP contribution in [0.25, 0.3) is 31.8 Å². The molecule has 0 saturated carbocycles. The molecule has 0 amide bonds. The number of aryl methyl sites for hydroxylation is 1. The molecule has 0 unspecified atom stereocenters. The molecule has 6 nitrogen and oxygen atoms in total. The fourth-order valence-corrected chi connectivity index (χ4v) is 4.44. The second-order valence-electron chi connectivity index (χ2n) is 7.15. The third-order valence-corrected chi connectivity index (χ3v) is 6.24. The van der Waals surface area contributed by atoms with E-state index in [1.165, 1.54) is 24.7 Å². The van der Waals surface area contributed by atoms with Gasteiger partial charge in [-0.15, -0.1) is 11.3 Å². The van der Waals surface area contributed by atoms with E-state index in [0.29, 0.717) is 44.2 Å². The first-order valence-corrected chi connectivity index (χ1v) is 10.6. The lowest BCUT2D eigenvalue weighted by Gasteiger charge is -2.10. The van der Waals surface area contributed by atoms with Gasteiger partial charge in [0.1, 0.15) is 28.4 Å². The zero-order chi connectivity index (χ0) is 22.2. The molecule has 0 radical (unpaired) electrons. The fourth-order valence-electron chi connectivity index (χ4n) is 3.48. The normalized spacial score (nSPS) is 11.1. The van der Waals surface area contributed by atoms with Crippen molar-refractivity contribution in [1.82, 2.24) is 4.98 Å². The molecule has 2 heterocycles. The maximum Gasteiger partial charge on any atom is 0.343 e. The highest BCUT2D eigenvalue weighted by atomic mass is 32.1. The molecular formula is C25H17NO5S. The van der Waals surface area contributed by atoms with Crippen LogP contribution in [0.2, 0.25) is 0 Å². The van der Waals surface area contributed by atoms with Crippen LogP contribution in [-0.4, -0.2) is 18.1 Å². The van der Waals surface area contributed by atoms with Crippen molar-refractivity contribution in [3.05, 3.63) is 88.3 Å². The summed E-state index contributed by atoms with van der Waals surface area (Å²) in [4.78, 5) is 30.3. The lowest BCUT2D eigenvalue weighted by molar-refractivity contribution is 0.0733. The minimum Gasteiger partial charge on any atom is -0.497 e. The Kier molecular flexibility index (Phi) is 4.95. The molecule has 0 aliphatic heterocycles. The van der Waals surface area contributed by atoms with Crippen LogP contribution < -0.4 is 14.9 Å². The van der Waals surface area contributed by atoms with E-state index < -0.39 is 5.97 Å². The fraction of sp³-hybridized carbons (Fsp3) is 0.0800. The molecule has 2 aromatic heterocycles. The minimum absolute atomic E-state index is 0.181. The SMILES string of the molecule is COc1cccc(C(=O)Oc2ccc3c(=O)c(-c4nc5ccccc5s4)coc3c2C)c1. The number of hydrogen-bond acceptors (Lipinski definition) is 7. The van der Waals surface area contributed by atoms with Gasteiger partial charge in [0.25, 0.3) is 0 Å². The summed E-state index contributed by atoms with van der Waals surface area (Å²) in [6.07, 6.45) is 1.42. The van der Waals surface area contributed by atoms with E-state index in [-0.39, 0.29) is 5.43 Å². The van der Waals surface area contributed by atoms with E-state index in [1.54, 1.807) is 43.3 Å². The van der Waals surface area contributed by atoms with Crippen molar-refractivity contribution in [2.45, 2.75) is 6.92 Å². The number of para-hydroxylation sites is 1. The van der Waals surface area contributed by atoms with E-state index in [4.69, 9.17) is 13.9 Å². The highest BCUT2D eigenvalue weighted by Gasteiger charge is 2.18. The van der Waals surface area contributed by atoms with Crippen LogP contribution in [0.4, 0.5) is 0 Å². The smallest absolute Gasteiger partial charge is 0.343 e. The number of fused-ring (bicyclic) bond motifs is 2. The molecule has 5 aromatic rings. The number of nitrogens with zero attached hydrogens (tertiary/aromatic N) is 1. The molecule has 0 bridgehead atoms. The lowest BCUT2D eigenvalue weighted by Crippen LogP contribution is -2.10. The molecule has 7 heteroatoms. The maximum atomic E-state index is 13.2. The molecule has 5 rings (SSSR count). The van der Waals surface area contributed by atoms with Crippen molar-refractivity contribution in [3.8, 4) is 22.1 Å². The maximum absolute atomic E-state index is 13.2. The summed E-state index contributed by atoms with van der Waals surface area (Å²) in [5.41, 5.74) is 2.35. The van der Waals surface area contributed by atoms with E-state index in [2.05, 4.69) is 4.98 Å². The largest absolute Gasteiger partial charge is 0.497 e. The average molecular weight is 443 g/mol. The number of thiazole rings is 1. The van der Waals surface area contributed by atoms with Gasteiger partial charge in [-0.05, 0) is 49.4 Å². The van der Waals surface area contributed by atoms with Crippen molar-refractivity contribution < 1.29 is 18.7 Å². The second kappa shape index (κ2) is 7.94. The molecule has 0 spiro atoms. The average Bonchev–Trinajstić information content (AvgIpc) is 3.25.